The van der Waals surface area contributed by atoms with Crippen molar-refractivity contribution in [2.24, 2.45) is 5.41 Å². The molecule has 1 aromatic carbocycles. The monoisotopic (exact) mass is 364 g/mol. The summed E-state index contributed by atoms with van der Waals surface area (Å²) in [6.07, 6.45) is 0. The van der Waals surface area contributed by atoms with Crippen molar-refractivity contribution in [3.05, 3.63) is 24.3 Å². The van der Waals surface area contributed by atoms with E-state index in [1.165, 1.54) is 4.35 Å². The van der Waals surface area contributed by atoms with Crippen LogP contribution in [0.4, 0.5) is 0 Å². The summed E-state index contributed by atoms with van der Waals surface area (Å²) in [6, 6.07) is 8.51. The molecule has 2 unspecified atom stereocenters. The van der Waals surface area contributed by atoms with E-state index in [2.05, 4.69) is 65.2 Å². The van der Waals surface area contributed by atoms with Crippen molar-refractivity contribution < 1.29 is 4.74 Å². The van der Waals surface area contributed by atoms with Crippen molar-refractivity contribution in [1.29, 1.82) is 0 Å². The molecule has 2 rings (SSSR count). The molecule has 0 saturated heterocycles. The normalized spacial score (nSPS) is 25.7. The minimum atomic E-state index is -1.01. The Kier molecular flexibility index (Phi) is 2.87. The van der Waals surface area contributed by atoms with E-state index in [0.29, 0.717) is 4.89 Å². The maximum absolute atomic E-state index is 6.04. The van der Waals surface area contributed by atoms with Crippen LogP contribution in [0.3, 0.4) is 0 Å². The van der Waals surface area contributed by atoms with Crippen LogP contribution in [0.1, 0.15) is 20.8 Å². The Bertz CT molecular complexity index is 345. The first-order valence-electron chi connectivity index (χ1n) is 4.71. The van der Waals surface area contributed by atoms with E-state index in [0.717, 1.165) is 5.75 Å². The molecule has 0 spiro atoms. The van der Waals surface area contributed by atoms with Crippen LogP contribution < -0.4 is 9.09 Å². The quantitative estimate of drug-likeness (QED) is 0.508. The molecule has 0 saturated carbocycles. The van der Waals surface area contributed by atoms with Gasteiger partial charge in [-0.2, -0.15) is 0 Å². The zero-order chi connectivity index (χ0) is 10.3. The molecule has 1 aliphatic rings. The molecule has 1 aliphatic heterocycles. The van der Waals surface area contributed by atoms with Crippen LogP contribution in [-0.2, 0) is 0 Å². The Labute approximate surface area is 101 Å². The summed E-state index contributed by atoms with van der Waals surface area (Å²) < 4.78 is 7.53. The average Bonchev–Trinajstić information content (AvgIpc) is 2.44. The fraction of sp³-hybridized carbons (Fsp3) is 0.455. The van der Waals surface area contributed by atoms with Crippen LogP contribution >= 0.6 is 20.1 Å². The topological polar surface area (TPSA) is 9.23 Å². The number of rotatable bonds is 0. The number of ether oxygens (including phenoxy) is 1. The summed E-state index contributed by atoms with van der Waals surface area (Å²) in [4.78, 5) is 0.438. The Morgan fingerprint density at radius 1 is 1.29 bits per heavy atom. The number of halogens is 1. The molecule has 3 heteroatoms. The summed E-state index contributed by atoms with van der Waals surface area (Å²) in [5.41, 5.74) is 0.264. The van der Waals surface area contributed by atoms with Gasteiger partial charge in [0.1, 0.15) is 0 Å². The molecule has 14 heavy (non-hydrogen) atoms. The number of benzene rings is 1. The van der Waals surface area contributed by atoms with Gasteiger partial charge < -0.3 is 0 Å². The van der Waals surface area contributed by atoms with Gasteiger partial charge in [-0.15, -0.1) is 0 Å². The predicted molar refractivity (Wildman–Crippen MR) is 69.7 cm³/mol. The van der Waals surface area contributed by atoms with Crippen LogP contribution in [0.5, 0.6) is 5.75 Å². The summed E-state index contributed by atoms with van der Waals surface area (Å²) in [5.74, 6) is 1.13. The molecule has 1 aromatic rings. The third-order valence-electron chi connectivity index (χ3n) is 2.28. The molecule has 1 nitrogen and oxygen atoms in total. The summed E-state index contributed by atoms with van der Waals surface area (Å²) in [7, 11) is 0. The van der Waals surface area contributed by atoms with Crippen LogP contribution in [0.25, 0.3) is 0 Å². The van der Waals surface area contributed by atoms with E-state index in [1.54, 1.807) is 0 Å². The predicted octanol–water partition coefficient (Wildman–Crippen LogP) is 2.67. The van der Waals surface area contributed by atoms with E-state index >= 15 is 0 Å². The first-order chi connectivity index (χ1) is 6.50. The molecule has 0 N–H and O–H groups in total. The third kappa shape index (κ3) is 1.83. The van der Waals surface area contributed by atoms with Gasteiger partial charge in [0.25, 0.3) is 0 Å². The number of fused-ring (bicyclic) bond motifs is 1. The van der Waals surface area contributed by atoms with Gasteiger partial charge >= 0.3 is 102 Å². The van der Waals surface area contributed by atoms with Gasteiger partial charge in [-0.3, -0.25) is 0 Å². The molecule has 0 aliphatic carbocycles. The van der Waals surface area contributed by atoms with Crippen LogP contribution in [0.15, 0.2) is 24.3 Å². The molecular weight excluding hydrogens is 350 g/mol. The second-order valence-corrected chi connectivity index (χ2v) is 13.3. The first kappa shape index (κ1) is 10.8. The molecule has 0 amide bonds. The number of hydrogen-bond donors (Lipinski definition) is 0. The molecule has 2 atom stereocenters. The number of hydrogen-bond acceptors (Lipinski definition) is 1. The molecule has 76 valence electrons. The van der Waals surface area contributed by atoms with Gasteiger partial charge in [-0.25, -0.2) is 0 Å². The van der Waals surface area contributed by atoms with E-state index in [-0.39, 0.29) is 5.41 Å². The van der Waals surface area contributed by atoms with Crippen LogP contribution in [-0.4, -0.2) is 16.2 Å². The van der Waals surface area contributed by atoms with Gasteiger partial charge in [-0.05, 0) is 0 Å². The molecule has 0 fully saturated rings. The van der Waals surface area contributed by atoms with Gasteiger partial charge in [0.05, 0.1) is 0 Å². The Hall–Kier alpha value is 0.308. The molecule has 0 aromatic heterocycles. The fourth-order valence-electron chi connectivity index (χ4n) is 1.54. The Morgan fingerprint density at radius 2 is 1.93 bits per heavy atom. The summed E-state index contributed by atoms with van der Waals surface area (Å²) in [6.45, 7) is 6.80. The Balaban J connectivity index is 2.35. The third-order valence-corrected chi connectivity index (χ3v) is 12.1. The van der Waals surface area contributed by atoms with E-state index in [1.807, 2.05) is 0 Å². The van der Waals surface area contributed by atoms with Gasteiger partial charge in [-0.1, -0.05) is 0 Å². The minimum absolute atomic E-state index is 0.264. The van der Waals surface area contributed by atoms with Crippen molar-refractivity contribution >= 4 is 35.8 Å². The van der Waals surface area contributed by atoms with Crippen molar-refractivity contribution in [3.63, 3.8) is 0 Å². The number of para-hydroxylation sites is 1. The standard InChI is InChI=1S/C11H14AsIO/c1-11(2,3)10-12(13)8-6-4-5-7-9(8)14-10/h4-7,10H,1-3H3. The van der Waals surface area contributed by atoms with Crippen molar-refractivity contribution in [2.45, 2.75) is 25.7 Å². The van der Waals surface area contributed by atoms with Gasteiger partial charge in [0, 0.05) is 0 Å². The van der Waals surface area contributed by atoms with Crippen LogP contribution in [0, 0.1) is 5.41 Å². The Morgan fingerprint density at radius 3 is 2.50 bits per heavy atom. The maximum atomic E-state index is 6.04. The van der Waals surface area contributed by atoms with Crippen LogP contribution in [0.2, 0.25) is 0 Å². The zero-order valence-electron chi connectivity index (χ0n) is 8.62. The van der Waals surface area contributed by atoms with E-state index in [9.17, 15) is 0 Å². The molecular formula is C11H14AsIO. The molecule has 0 radical (unpaired) electrons. The van der Waals surface area contributed by atoms with Crippen molar-refractivity contribution in [1.82, 2.24) is 0 Å². The fourth-order valence-corrected chi connectivity index (χ4v) is 12.1. The average molecular weight is 364 g/mol. The SMILES string of the molecule is CC(C)(C)C1Oc2ccccc2[As]1I. The van der Waals surface area contributed by atoms with Gasteiger partial charge in [0.2, 0.25) is 0 Å². The summed E-state index contributed by atoms with van der Waals surface area (Å²) in [5, 5.41) is 0. The second kappa shape index (κ2) is 3.71. The second-order valence-electron chi connectivity index (χ2n) is 4.62. The van der Waals surface area contributed by atoms with Crippen molar-refractivity contribution in [3.8, 4) is 5.75 Å². The summed E-state index contributed by atoms with van der Waals surface area (Å²) >= 11 is 1.62. The van der Waals surface area contributed by atoms with Crippen molar-refractivity contribution in [2.75, 3.05) is 0 Å². The van der Waals surface area contributed by atoms with E-state index < -0.39 is 11.3 Å². The van der Waals surface area contributed by atoms with Gasteiger partial charge in [0.15, 0.2) is 0 Å². The first-order valence-corrected chi connectivity index (χ1v) is 12.5. The molecule has 0 bridgehead atoms. The van der Waals surface area contributed by atoms with E-state index in [4.69, 9.17) is 4.74 Å². The zero-order valence-corrected chi connectivity index (χ0v) is 12.7. The molecule has 1 heterocycles.